The number of amides is 2. The number of urea groups is 1. The van der Waals surface area contributed by atoms with E-state index in [9.17, 15) is 9.59 Å². The van der Waals surface area contributed by atoms with E-state index in [4.69, 9.17) is 5.11 Å². The first-order valence-electron chi connectivity index (χ1n) is 7.42. The molecule has 1 aliphatic carbocycles. The van der Waals surface area contributed by atoms with Crippen molar-refractivity contribution in [3.63, 3.8) is 0 Å². The van der Waals surface area contributed by atoms with Crippen LogP contribution in [-0.4, -0.2) is 66.2 Å². The molecule has 6 nitrogen and oxygen atoms in total. The Bertz CT molecular complexity index is 365. The van der Waals surface area contributed by atoms with E-state index in [1.807, 2.05) is 19.0 Å². The zero-order valence-electron chi connectivity index (χ0n) is 12.3. The van der Waals surface area contributed by atoms with Crippen molar-refractivity contribution in [3.05, 3.63) is 0 Å². The third-order valence-electron chi connectivity index (χ3n) is 4.58. The van der Waals surface area contributed by atoms with Crippen LogP contribution in [0, 0.1) is 5.92 Å². The van der Waals surface area contributed by atoms with Crippen molar-refractivity contribution in [3.8, 4) is 0 Å². The molecule has 6 heteroatoms. The molecule has 114 valence electrons. The highest BCUT2D eigenvalue weighted by atomic mass is 16.4. The highest BCUT2D eigenvalue weighted by molar-refractivity contribution is 5.75. The standard InChI is InChI=1S/C14H25N3O3/c1-16(2)12-7-8-17(9-12)14(20)15-11-5-3-10(4-6-11)13(18)19/h10-12H,3-9H2,1-2H3,(H,15,20)(H,18,19). The summed E-state index contributed by atoms with van der Waals surface area (Å²) in [6.45, 7) is 1.59. The molecule has 2 rings (SSSR count). The number of likely N-dealkylation sites (N-methyl/N-ethyl adjacent to an activating group) is 1. The van der Waals surface area contributed by atoms with E-state index < -0.39 is 5.97 Å². The molecular weight excluding hydrogens is 258 g/mol. The molecule has 1 atom stereocenters. The molecule has 0 aromatic carbocycles. The Morgan fingerprint density at radius 2 is 1.80 bits per heavy atom. The molecule has 20 heavy (non-hydrogen) atoms. The highest BCUT2D eigenvalue weighted by Crippen LogP contribution is 2.24. The van der Waals surface area contributed by atoms with E-state index in [0.29, 0.717) is 18.9 Å². The first kappa shape index (κ1) is 15.1. The maximum absolute atomic E-state index is 12.2. The van der Waals surface area contributed by atoms with Gasteiger partial charge in [0.15, 0.2) is 0 Å². The van der Waals surface area contributed by atoms with Crippen LogP contribution < -0.4 is 5.32 Å². The van der Waals surface area contributed by atoms with Crippen molar-refractivity contribution < 1.29 is 14.7 Å². The minimum atomic E-state index is -0.705. The largest absolute Gasteiger partial charge is 0.481 e. The second-order valence-electron chi connectivity index (χ2n) is 6.19. The summed E-state index contributed by atoms with van der Waals surface area (Å²) in [5.41, 5.74) is 0. The SMILES string of the molecule is CN(C)C1CCN(C(=O)NC2CCC(C(=O)O)CC2)C1. The molecule has 0 aromatic heterocycles. The number of carboxylic acids is 1. The average Bonchev–Trinajstić information content (AvgIpc) is 2.89. The van der Waals surface area contributed by atoms with Crippen LogP contribution in [0.4, 0.5) is 4.79 Å². The van der Waals surface area contributed by atoms with E-state index in [1.165, 1.54) is 0 Å². The maximum Gasteiger partial charge on any atom is 0.317 e. The highest BCUT2D eigenvalue weighted by Gasteiger charge is 2.31. The Morgan fingerprint density at radius 1 is 1.15 bits per heavy atom. The van der Waals surface area contributed by atoms with E-state index in [1.54, 1.807) is 0 Å². The average molecular weight is 283 g/mol. The molecule has 0 aromatic rings. The van der Waals surface area contributed by atoms with Crippen LogP contribution in [0.5, 0.6) is 0 Å². The van der Waals surface area contributed by atoms with Gasteiger partial charge in [-0.05, 0) is 46.2 Å². The quantitative estimate of drug-likeness (QED) is 0.809. The summed E-state index contributed by atoms with van der Waals surface area (Å²) < 4.78 is 0. The fourth-order valence-corrected chi connectivity index (χ4v) is 3.10. The van der Waals surface area contributed by atoms with Gasteiger partial charge in [-0.2, -0.15) is 0 Å². The van der Waals surface area contributed by atoms with Gasteiger partial charge < -0.3 is 20.2 Å². The molecule has 0 bridgehead atoms. The zero-order chi connectivity index (χ0) is 14.7. The predicted molar refractivity (Wildman–Crippen MR) is 75.6 cm³/mol. The van der Waals surface area contributed by atoms with Crippen LogP contribution in [0.3, 0.4) is 0 Å². The normalized spacial score (nSPS) is 30.6. The van der Waals surface area contributed by atoms with E-state index in [0.717, 1.165) is 32.4 Å². The third-order valence-corrected chi connectivity index (χ3v) is 4.58. The number of carbonyl (C=O) groups excluding carboxylic acids is 1. The molecule has 2 N–H and O–H groups in total. The number of nitrogens with zero attached hydrogens (tertiary/aromatic N) is 2. The monoisotopic (exact) mass is 283 g/mol. The topological polar surface area (TPSA) is 72.9 Å². The summed E-state index contributed by atoms with van der Waals surface area (Å²) in [5, 5.41) is 12.0. The smallest absolute Gasteiger partial charge is 0.317 e. The number of carboxylic acid groups (broad SMARTS) is 1. The molecule has 2 aliphatic rings. The number of likely N-dealkylation sites (tertiary alicyclic amines) is 1. The van der Waals surface area contributed by atoms with Gasteiger partial charge in [0.1, 0.15) is 0 Å². The van der Waals surface area contributed by atoms with Gasteiger partial charge in [0.2, 0.25) is 0 Å². The fourth-order valence-electron chi connectivity index (χ4n) is 3.10. The van der Waals surface area contributed by atoms with Gasteiger partial charge in [-0.15, -0.1) is 0 Å². The molecule has 0 radical (unpaired) electrons. The number of hydrogen-bond donors (Lipinski definition) is 2. The van der Waals surface area contributed by atoms with Gasteiger partial charge in [-0.3, -0.25) is 4.79 Å². The second-order valence-corrected chi connectivity index (χ2v) is 6.19. The molecule has 1 unspecified atom stereocenters. The van der Waals surface area contributed by atoms with Gasteiger partial charge in [0.05, 0.1) is 5.92 Å². The first-order chi connectivity index (χ1) is 9.47. The van der Waals surface area contributed by atoms with Crippen molar-refractivity contribution in [1.29, 1.82) is 0 Å². The predicted octanol–water partition coefficient (Wildman–Crippen LogP) is 0.975. The summed E-state index contributed by atoms with van der Waals surface area (Å²) in [7, 11) is 4.08. The maximum atomic E-state index is 12.2. The lowest BCUT2D eigenvalue weighted by Crippen LogP contribution is -2.46. The Kier molecular flexibility index (Phi) is 4.86. The van der Waals surface area contributed by atoms with Crippen LogP contribution in [0.15, 0.2) is 0 Å². The summed E-state index contributed by atoms with van der Waals surface area (Å²) >= 11 is 0. The number of hydrogen-bond acceptors (Lipinski definition) is 3. The van der Waals surface area contributed by atoms with Crippen LogP contribution >= 0.6 is 0 Å². The minimum absolute atomic E-state index is 0.00752. The van der Waals surface area contributed by atoms with Crippen molar-refractivity contribution in [2.24, 2.45) is 5.92 Å². The number of carbonyl (C=O) groups is 2. The minimum Gasteiger partial charge on any atom is -0.481 e. The van der Waals surface area contributed by atoms with E-state index in [-0.39, 0.29) is 18.0 Å². The van der Waals surface area contributed by atoms with Crippen LogP contribution in [0.2, 0.25) is 0 Å². The number of rotatable bonds is 3. The molecule has 1 saturated carbocycles. The Balaban J connectivity index is 1.75. The molecule has 2 amide bonds. The number of aliphatic carboxylic acids is 1. The van der Waals surface area contributed by atoms with Crippen LogP contribution in [0.25, 0.3) is 0 Å². The van der Waals surface area contributed by atoms with E-state index >= 15 is 0 Å². The van der Waals surface area contributed by atoms with Crippen molar-refractivity contribution in [1.82, 2.24) is 15.1 Å². The lowest BCUT2D eigenvalue weighted by atomic mass is 9.86. The Morgan fingerprint density at radius 3 is 2.30 bits per heavy atom. The van der Waals surface area contributed by atoms with Crippen molar-refractivity contribution in [2.45, 2.75) is 44.2 Å². The summed E-state index contributed by atoms with van der Waals surface area (Å²) in [6, 6.07) is 0.591. The fraction of sp³-hybridized carbons (Fsp3) is 0.857. The molecule has 0 spiro atoms. The van der Waals surface area contributed by atoms with Gasteiger partial charge in [0, 0.05) is 25.2 Å². The van der Waals surface area contributed by atoms with Crippen molar-refractivity contribution in [2.75, 3.05) is 27.2 Å². The lowest BCUT2D eigenvalue weighted by Gasteiger charge is -2.29. The summed E-state index contributed by atoms with van der Waals surface area (Å²) in [4.78, 5) is 27.1. The summed E-state index contributed by atoms with van der Waals surface area (Å²) in [6.07, 6.45) is 3.90. The molecule has 2 fully saturated rings. The molecule has 1 saturated heterocycles. The second kappa shape index (κ2) is 6.43. The van der Waals surface area contributed by atoms with Gasteiger partial charge in [-0.1, -0.05) is 0 Å². The first-order valence-corrected chi connectivity index (χ1v) is 7.42. The van der Waals surface area contributed by atoms with Crippen molar-refractivity contribution >= 4 is 12.0 Å². The van der Waals surface area contributed by atoms with Gasteiger partial charge >= 0.3 is 12.0 Å². The molecule has 1 aliphatic heterocycles. The lowest BCUT2D eigenvalue weighted by molar-refractivity contribution is -0.142. The molecular formula is C14H25N3O3. The van der Waals surface area contributed by atoms with Gasteiger partial charge in [0.25, 0.3) is 0 Å². The van der Waals surface area contributed by atoms with Gasteiger partial charge in [-0.25, -0.2) is 4.79 Å². The number of nitrogens with one attached hydrogen (secondary N) is 1. The Hall–Kier alpha value is -1.30. The van der Waals surface area contributed by atoms with Crippen LogP contribution in [-0.2, 0) is 4.79 Å². The van der Waals surface area contributed by atoms with E-state index in [2.05, 4.69) is 10.2 Å². The molecule has 1 heterocycles. The summed E-state index contributed by atoms with van der Waals surface area (Å²) in [5.74, 6) is -0.934. The third kappa shape index (κ3) is 3.62. The zero-order valence-corrected chi connectivity index (χ0v) is 12.3. The Labute approximate surface area is 120 Å². The van der Waals surface area contributed by atoms with Crippen LogP contribution in [0.1, 0.15) is 32.1 Å².